The number of nitrogens with zero attached hydrogens (tertiary/aromatic N) is 1. The predicted octanol–water partition coefficient (Wildman–Crippen LogP) is 2.02. The van der Waals surface area contributed by atoms with Crippen molar-refractivity contribution in [3.05, 3.63) is 29.3 Å². The highest BCUT2D eigenvalue weighted by Crippen LogP contribution is 2.36. The second-order valence-electron chi connectivity index (χ2n) is 5.89. The van der Waals surface area contributed by atoms with Crippen molar-refractivity contribution in [1.82, 2.24) is 0 Å². The molecule has 0 saturated carbocycles. The number of hydrogen-bond donors (Lipinski definition) is 1. The van der Waals surface area contributed by atoms with Crippen LogP contribution in [0.5, 0.6) is 0 Å². The first-order valence-corrected chi connectivity index (χ1v) is 6.94. The van der Waals surface area contributed by atoms with Crippen molar-refractivity contribution in [3.63, 3.8) is 0 Å². The third-order valence-electron chi connectivity index (χ3n) is 3.48. The summed E-state index contributed by atoms with van der Waals surface area (Å²) in [5.41, 5.74) is 1.51. The van der Waals surface area contributed by atoms with Crippen LogP contribution in [-0.4, -0.2) is 23.5 Å². The Hall–Kier alpha value is -2.12. The van der Waals surface area contributed by atoms with Crippen LogP contribution in [0.4, 0.5) is 5.69 Å². The third-order valence-corrected chi connectivity index (χ3v) is 3.48. The molecule has 0 unspecified atom stereocenters. The van der Waals surface area contributed by atoms with Crippen LogP contribution in [0.2, 0.25) is 0 Å². The van der Waals surface area contributed by atoms with E-state index in [4.69, 9.17) is 5.11 Å². The van der Waals surface area contributed by atoms with Gasteiger partial charge in [-0.15, -0.1) is 0 Å². The fourth-order valence-electron chi connectivity index (χ4n) is 2.35. The molecule has 0 spiro atoms. The van der Waals surface area contributed by atoms with Crippen molar-refractivity contribution in [1.29, 1.82) is 0 Å². The Morgan fingerprint density at radius 3 is 2.62 bits per heavy atom. The smallest absolute Gasteiger partial charge is 0.239 e. The minimum absolute atomic E-state index is 0.0112. The van der Waals surface area contributed by atoms with Gasteiger partial charge in [0, 0.05) is 18.4 Å². The summed E-state index contributed by atoms with van der Waals surface area (Å²) in [5.74, 6) is 5.40. The molecule has 21 heavy (non-hydrogen) atoms. The van der Waals surface area contributed by atoms with Gasteiger partial charge in [-0.1, -0.05) is 31.8 Å². The van der Waals surface area contributed by atoms with Gasteiger partial charge in [-0.05, 0) is 24.6 Å². The molecule has 0 aromatic heterocycles. The molecule has 0 atom stereocenters. The number of carbonyl (C=O) groups excluding carboxylic acids is 2. The normalized spacial score (nSPS) is 16.9. The summed E-state index contributed by atoms with van der Waals surface area (Å²) < 4.78 is 0. The lowest BCUT2D eigenvalue weighted by molar-refractivity contribution is -0.124. The maximum atomic E-state index is 12.4. The Morgan fingerprint density at radius 1 is 1.33 bits per heavy atom. The van der Waals surface area contributed by atoms with Crippen molar-refractivity contribution in [2.45, 2.75) is 33.6 Å². The second-order valence-corrected chi connectivity index (χ2v) is 5.89. The molecule has 2 rings (SSSR count). The molecule has 1 N–H and O–H groups in total. The number of rotatable bonds is 2. The minimum atomic E-state index is -0.669. The van der Waals surface area contributed by atoms with Crippen LogP contribution in [0.15, 0.2) is 18.2 Å². The van der Waals surface area contributed by atoms with E-state index in [9.17, 15) is 9.59 Å². The molecular formula is C17H19NO3. The summed E-state index contributed by atoms with van der Waals surface area (Å²) in [6.07, 6.45) is 0.573. The largest absolute Gasteiger partial charge is 0.395 e. The average Bonchev–Trinajstić information content (AvgIpc) is 2.60. The number of hydrogen-bond acceptors (Lipinski definition) is 3. The number of imide groups is 1. The number of aliphatic hydroxyl groups excluding tert-OH is 1. The zero-order valence-electron chi connectivity index (χ0n) is 12.6. The van der Waals surface area contributed by atoms with Crippen molar-refractivity contribution in [2.24, 2.45) is 5.41 Å². The molecule has 1 heterocycles. The van der Waals surface area contributed by atoms with Crippen LogP contribution in [0.3, 0.4) is 0 Å². The maximum absolute atomic E-state index is 12.4. The van der Waals surface area contributed by atoms with E-state index >= 15 is 0 Å². The molecule has 1 aromatic carbocycles. The van der Waals surface area contributed by atoms with Gasteiger partial charge in [0.2, 0.25) is 11.8 Å². The van der Waals surface area contributed by atoms with Crippen LogP contribution in [0.25, 0.3) is 0 Å². The number of aliphatic hydroxyl groups is 1. The molecule has 4 heteroatoms. The Labute approximate surface area is 124 Å². The summed E-state index contributed by atoms with van der Waals surface area (Å²) in [6, 6.07) is 5.47. The summed E-state index contributed by atoms with van der Waals surface area (Å²) in [5, 5.41) is 8.81. The SMILES string of the molecule is Cc1ccc(N2C(=O)CC(C)(C)C2=O)c(C#CCCO)c1. The van der Waals surface area contributed by atoms with Gasteiger partial charge >= 0.3 is 0 Å². The Kier molecular flexibility index (Phi) is 4.15. The van der Waals surface area contributed by atoms with E-state index in [0.29, 0.717) is 17.7 Å². The molecule has 2 amide bonds. The molecular weight excluding hydrogens is 266 g/mol. The molecule has 1 saturated heterocycles. The first kappa shape index (κ1) is 15.3. The fourth-order valence-corrected chi connectivity index (χ4v) is 2.35. The summed E-state index contributed by atoms with van der Waals surface area (Å²) in [6.45, 7) is 5.47. The highest BCUT2D eigenvalue weighted by molar-refractivity contribution is 6.22. The molecule has 0 aliphatic carbocycles. The average molecular weight is 285 g/mol. The third kappa shape index (κ3) is 2.98. The highest BCUT2D eigenvalue weighted by atomic mass is 16.2. The molecule has 4 nitrogen and oxygen atoms in total. The topological polar surface area (TPSA) is 57.6 Å². The number of benzene rings is 1. The van der Waals surface area contributed by atoms with Crippen molar-refractivity contribution in [3.8, 4) is 11.8 Å². The minimum Gasteiger partial charge on any atom is -0.395 e. The molecule has 1 aromatic rings. The summed E-state index contributed by atoms with van der Waals surface area (Å²) in [4.78, 5) is 25.8. The zero-order chi connectivity index (χ0) is 15.6. The number of aryl methyl sites for hydroxylation is 1. The van der Waals surface area contributed by atoms with E-state index in [0.717, 1.165) is 5.56 Å². The van der Waals surface area contributed by atoms with Crippen molar-refractivity contribution < 1.29 is 14.7 Å². The first-order chi connectivity index (χ1) is 9.86. The van der Waals surface area contributed by atoms with Gasteiger partial charge in [0.1, 0.15) is 0 Å². The van der Waals surface area contributed by atoms with E-state index in [-0.39, 0.29) is 24.8 Å². The molecule has 0 bridgehead atoms. The van der Waals surface area contributed by atoms with E-state index in [1.165, 1.54) is 4.90 Å². The Morgan fingerprint density at radius 2 is 2.05 bits per heavy atom. The number of amides is 2. The summed E-state index contributed by atoms with van der Waals surface area (Å²) >= 11 is 0. The molecule has 1 fully saturated rings. The first-order valence-electron chi connectivity index (χ1n) is 6.94. The zero-order valence-corrected chi connectivity index (χ0v) is 12.6. The van der Waals surface area contributed by atoms with Gasteiger partial charge in [0.15, 0.2) is 0 Å². The van der Waals surface area contributed by atoms with Gasteiger partial charge in [-0.25, -0.2) is 4.90 Å². The molecule has 110 valence electrons. The number of carbonyl (C=O) groups is 2. The Bertz CT molecular complexity index is 650. The van der Waals surface area contributed by atoms with Gasteiger partial charge < -0.3 is 5.11 Å². The number of anilines is 1. The standard InChI is InChI=1S/C17H19NO3/c1-12-7-8-14(13(10-12)6-4-5-9-19)18-15(20)11-17(2,3)16(18)21/h7-8,10,19H,5,9,11H2,1-3H3. The van der Waals surface area contributed by atoms with Gasteiger partial charge in [-0.3, -0.25) is 9.59 Å². The van der Waals surface area contributed by atoms with Gasteiger partial charge in [0.05, 0.1) is 17.7 Å². The molecule has 1 aliphatic heterocycles. The van der Waals surface area contributed by atoms with E-state index in [1.54, 1.807) is 19.9 Å². The summed E-state index contributed by atoms with van der Waals surface area (Å²) in [7, 11) is 0. The molecule has 0 radical (unpaired) electrons. The Balaban J connectivity index is 2.47. The van der Waals surface area contributed by atoms with Crippen LogP contribution >= 0.6 is 0 Å². The lowest BCUT2D eigenvalue weighted by atomic mass is 9.92. The monoisotopic (exact) mass is 285 g/mol. The lowest BCUT2D eigenvalue weighted by Crippen LogP contribution is -2.33. The van der Waals surface area contributed by atoms with Gasteiger partial charge in [-0.2, -0.15) is 0 Å². The maximum Gasteiger partial charge on any atom is 0.239 e. The van der Waals surface area contributed by atoms with E-state index in [2.05, 4.69) is 11.8 Å². The van der Waals surface area contributed by atoms with Crippen molar-refractivity contribution >= 4 is 17.5 Å². The van der Waals surface area contributed by atoms with Gasteiger partial charge in [0.25, 0.3) is 0 Å². The lowest BCUT2D eigenvalue weighted by Gasteiger charge is -2.19. The predicted molar refractivity (Wildman–Crippen MR) is 80.7 cm³/mol. The van der Waals surface area contributed by atoms with E-state index in [1.807, 2.05) is 19.1 Å². The van der Waals surface area contributed by atoms with Crippen molar-refractivity contribution in [2.75, 3.05) is 11.5 Å². The van der Waals surface area contributed by atoms with Crippen LogP contribution in [-0.2, 0) is 9.59 Å². The van der Waals surface area contributed by atoms with Crippen LogP contribution in [0, 0.1) is 24.2 Å². The molecule has 1 aliphatic rings. The van der Waals surface area contributed by atoms with Crippen LogP contribution < -0.4 is 4.90 Å². The second kappa shape index (κ2) is 5.71. The quantitative estimate of drug-likeness (QED) is 0.668. The fraction of sp³-hybridized carbons (Fsp3) is 0.412. The van der Waals surface area contributed by atoms with Crippen LogP contribution in [0.1, 0.15) is 37.8 Å². The highest BCUT2D eigenvalue weighted by Gasteiger charge is 2.45. The van der Waals surface area contributed by atoms with E-state index < -0.39 is 5.41 Å².